The van der Waals surface area contributed by atoms with Crippen molar-refractivity contribution >= 4 is 5.69 Å². The van der Waals surface area contributed by atoms with Gasteiger partial charge in [-0.1, -0.05) is 54.1 Å². The third kappa shape index (κ3) is 1.94. The molecule has 0 saturated heterocycles. The summed E-state index contributed by atoms with van der Waals surface area (Å²) < 4.78 is 0. The number of benzene rings is 2. The molecule has 2 aromatic rings. The second-order valence-electron chi connectivity index (χ2n) is 6.27. The molecule has 0 spiro atoms. The molecule has 2 heteroatoms. The molecule has 0 radical (unpaired) electrons. The normalized spacial score (nSPS) is 25.0. The second-order valence-corrected chi connectivity index (χ2v) is 6.27. The maximum atomic E-state index is 9.43. The van der Waals surface area contributed by atoms with Gasteiger partial charge < -0.3 is 5.32 Å². The molecular weight excluding hydrogens is 268 g/mol. The SMILES string of the molecule is Cc1cccc(C2Nc3c(C#N)cccc3C3C=CCC32)c1. The van der Waals surface area contributed by atoms with Crippen LogP contribution in [0.2, 0.25) is 0 Å². The molecule has 4 rings (SSSR count). The smallest absolute Gasteiger partial charge is 0.101 e. The van der Waals surface area contributed by atoms with E-state index in [1.807, 2.05) is 12.1 Å². The molecule has 1 aliphatic carbocycles. The molecular formula is C20H18N2. The van der Waals surface area contributed by atoms with Gasteiger partial charge in [0.2, 0.25) is 0 Å². The molecule has 3 unspecified atom stereocenters. The molecule has 22 heavy (non-hydrogen) atoms. The van der Waals surface area contributed by atoms with E-state index in [0.717, 1.165) is 17.7 Å². The zero-order valence-electron chi connectivity index (χ0n) is 12.6. The average Bonchev–Trinajstić information content (AvgIpc) is 3.03. The number of fused-ring (bicyclic) bond motifs is 3. The molecule has 0 amide bonds. The Labute approximate surface area is 131 Å². The van der Waals surface area contributed by atoms with E-state index in [2.05, 4.69) is 60.8 Å². The summed E-state index contributed by atoms with van der Waals surface area (Å²) in [5.74, 6) is 0.943. The van der Waals surface area contributed by atoms with Crippen molar-refractivity contribution in [2.45, 2.75) is 25.3 Å². The minimum Gasteiger partial charge on any atom is -0.377 e. The van der Waals surface area contributed by atoms with E-state index < -0.39 is 0 Å². The van der Waals surface area contributed by atoms with Gasteiger partial charge in [-0.25, -0.2) is 0 Å². The van der Waals surface area contributed by atoms with Crippen LogP contribution in [-0.2, 0) is 0 Å². The maximum Gasteiger partial charge on any atom is 0.101 e. The van der Waals surface area contributed by atoms with Crippen LogP contribution >= 0.6 is 0 Å². The van der Waals surface area contributed by atoms with E-state index in [0.29, 0.717) is 11.8 Å². The topological polar surface area (TPSA) is 35.8 Å². The van der Waals surface area contributed by atoms with E-state index in [1.165, 1.54) is 16.7 Å². The fourth-order valence-electron chi connectivity index (χ4n) is 3.91. The zero-order chi connectivity index (χ0) is 15.1. The Bertz CT molecular complexity index is 798. The fraction of sp³-hybridized carbons (Fsp3) is 0.250. The van der Waals surface area contributed by atoms with Crippen LogP contribution in [0.4, 0.5) is 5.69 Å². The predicted octanol–water partition coefficient (Wildman–Crippen LogP) is 4.69. The number of aryl methyl sites for hydroxylation is 1. The molecule has 2 nitrogen and oxygen atoms in total. The Morgan fingerprint density at radius 3 is 2.86 bits per heavy atom. The third-order valence-electron chi connectivity index (χ3n) is 4.92. The standard InChI is InChI=1S/C20H18N2/c1-13-5-2-6-14(11-13)19-17-10-4-8-16(17)18-9-3-7-15(12-21)20(18)22-19/h2-9,11,16-17,19,22H,10H2,1H3. The highest BCUT2D eigenvalue weighted by Crippen LogP contribution is 2.50. The summed E-state index contributed by atoms with van der Waals surface area (Å²) in [5, 5.41) is 13.1. The number of anilines is 1. The lowest BCUT2D eigenvalue weighted by Gasteiger charge is -2.38. The van der Waals surface area contributed by atoms with Gasteiger partial charge in [0.05, 0.1) is 17.3 Å². The predicted molar refractivity (Wildman–Crippen MR) is 88.7 cm³/mol. The second kappa shape index (κ2) is 5.03. The van der Waals surface area contributed by atoms with E-state index in [1.54, 1.807) is 0 Å². The van der Waals surface area contributed by atoms with Crippen molar-refractivity contribution in [3.63, 3.8) is 0 Å². The van der Waals surface area contributed by atoms with Gasteiger partial charge in [0.15, 0.2) is 0 Å². The summed E-state index contributed by atoms with van der Waals surface area (Å²) in [5.41, 5.74) is 5.62. The number of nitrogens with zero attached hydrogens (tertiary/aromatic N) is 1. The van der Waals surface area contributed by atoms with Crippen molar-refractivity contribution in [1.29, 1.82) is 5.26 Å². The largest absolute Gasteiger partial charge is 0.377 e. The molecule has 2 aromatic carbocycles. The number of nitrogens with one attached hydrogen (secondary N) is 1. The number of nitriles is 1. The van der Waals surface area contributed by atoms with Crippen molar-refractivity contribution in [2.24, 2.45) is 5.92 Å². The van der Waals surface area contributed by atoms with Gasteiger partial charge in [0, 0.05) is 5.92 Å². The van der Waals surface area contributed by atoms with Gasteiger partial charge in [-0.3, -0.25) is 0 Å². The summed E-state index contributed by atoms with van der Waals surface area (Å²) in [6.45, 7) is 2.13. The summed E-state index contributed by atoms with van der Waals surface area (Å²) in [6.07, 6.45) is 5.69. The quantitative estimate of drug-likeness (QED) is 0.772. The van der Waals surface area contributed by atoms with Crippen molar-refractivity contribution in [2.75, 3.05) is 5.32 Å². The van der Waals surface area contributed by atoms with Gasteiger partial charge in [-0.15, -0.1) is 0 Å². The first-order valence-corrected chi connectivity index (χ1v) is 7.80. The highest BCUT2D eigenvalue weighted by atomic mass is 15.0. The van der Waals surface area contributed by atoms with Gasteiger partial charge in [0.1, 0.15) is 6.07 Å². The lowest BCUT2D eigenvalue weighted by molar-refractivity contribution is 0.425. The average molecular weight is 286 g/mol. The van der Waals surface area contributed by atoms with Gasteiger partial charge in [0.25, 0.3) is 0 Å². The first-order valence-electron chi connectivity index (χ1n) is 7.80. The summed E-state index contributed by atoms with van der Waals surface area (Å²) >= 11 is 0. The van der Waals surface area contributed by atoms with Crippen molar-refractivity contribution in [3.05, 3.63) is 76.9 Å². The molecule has 1 N–H and O–H groups in total. The van der Waals surface area contributed by atoms with Crippen LogP contribution in [0.1, 0.15) is 40.6 Å². The lowest BCUT2D eigenvalue weighted by Crippen LogP contribution is -2.29. The molecule has 2 aliphatic rings. The molecule has 0 saturated carbocycles. The van der Waals surface area contributed by atoms with Gasteiger partial charge in [-0.2, -0.15) is 5.26 Å². The van der Waals surface area contributed by atoms with E-state index >= 15 is 0 Å². The summed E-state index contributed by atoms with van der Waals surface area (Å²) in [4.78, 5) is 0. The molecule has 1 heterocycles. The zero-order valence-corrected chi connectivity index (χ0v) is 12.6. The van der Waals surface area contributed by atoms with Crippen LogP contribution in [0.15, 0.2) is 54.6 Å². The van der Waals surface area contributed by atoms with E-state index in [4.69, 9.17) is 0 Å². The minimum absolute atomic E-state index is 0.266. The van der Waals surface area contributed by atoms with Crippen LogP contribution in [0.25, 0.3) is 0 Å². The van der Waals surface area contributed by atoms with Crippen molar-refractivity contribution in [3.8, 4) is 6.07 Å². The summed E-state index contributed by atoms with van der Waals surface area (Å²) in [7, 11) is 0. The highest BCUT2D eigenvalue weighted by molar-refractivity contribution is 5.67. The molecule has 0 aromatic heterocycles. The monoisotopic (exact) mass is 286 g/mol. The molecule has 0 fully saturated rings. The van der Waals surface area contributed by atoms with Gasteiger partial charge in [-0.05, 0) is 36.5 Å². The number of allylic oxidation sites excluding steroid dienone is 2. The number of hydrogen-bond acceptors (Lipinski definition) is 2. The molecule has 1 aliphatic heterocycles. The van der Waals surface area contributed by atoms with Gasteiger partial charge >= 0.3 is 0 Å². The Balaban J connectivity index is 1.85. The van der Waals surface area contributed by atoms with E-state index in [9.17, 15) is 5.26 Å². The number of para-hydroxylation sites is 1. The molecule has 108 valence electrons. The van der Waals surface area contributed by atoms with Crippen molar-refractivity contribution in [1.82, 2.24) is 0 Å². The first kappa shape index (κ1) is 13.2. The minimum atomic E-state index is 0.266. The van der Waals surface area contributed by atoms with Crippen LogP contribution in [-0.4, -0.2) is 0 Å². The Hall–Kier alpha value is -2.53. The van der Waals surface area contributed by atoms with E-state index in [-0.39, 0.29) is 6.04 Å². The van der Waals surface area contributed by atoms with Crippen LogP contribution in [0.5, 0.6) is 0 Å². The first-order chi connectivity index (χ1) is 10.8. The van der Waals surface area contributed by atoms with Crippen molar-refractivity contribution < 1.29 is 0 Å². The highest BCUT2D eigenvalue weighted by Gasteiger charge is 2.38. The summed E-state index contributed by atoms with van der Waals surface area (Å²) in [6, 6.07) is 17.4. The van der Waals surface area contributed by atoms with Crippen LogP contribution in [0, 0.1) is 24.2 Å². The Morgan fingerprint density at radius 1 is 1.18 bits per heavy atom. The third-order valence-corrected chi connectivity index (χ3v) is 4.92. The number of hydrogen-bond donors (Lipinski definition) is 1. The molecule has 3 atom stereocenters. The molecule has 0 bridgehead atoms. The number of rotatable bonds is 1. The van der Waals surface area contributed by atoms with Crippen LogP contribution < -0.4 is 5.32 Å². The fourth-order valence-corrected chi connectivity index (χ4v) is 3.91. The van der Waals surface area contributed by atoms with Crippen LogP contribution in [0.3, 0.4) is 0 Å². The Kier molecular flexibility index (Phi) is 3.01. The Morgan fingerprint density at radius 2 is 2.05 bits per heavy atom. The lowest BCUT2D eigenvalue weighted by atomic mass is 9.76. The maximum absolute atomic E-state index is 9.43.